The summed E-state index contributed by atoms with van der Waals surface area (Å²) in [6.45, 7) is 12.6. The standard InChI is InChI=1S/C65H70N4O9S2.3Na.O3S/c1-6-7-16-42-67-57-26-15-13-24-54(57)64(2,3)59(67)38-30-48-22-18-23-49(63(48)78-51-32-34-52(35-33-51)79(72,73)74)31-39-60-65(4,5)55-44-53(80(75,76)77)36-37-58(55)68(60)43-17-8-9-27-61(70)66-41-40-62(71)69-45-50-21-11-10-19-46(50)28-29-47-20-12-14-25-56(47)69;;;;1-4(2)3/h10-12,14-15,19-21,24-26,30-39,44H,6-9,16-18,22-23,27,40-43,45H2,1-5H3,(H,66,70)(H,72,73,74)(H,75,76,77);;;;/q;3*+1;/p-2. The molecule has 440 valence electrons. The molecule has 22 heteroatoms. The first-order valence-electron chi connectivity index (χ1n) is 28.1. The minimum Gasteiger partial charge on any atom is -0.744 e. The normalized spacial score (nSPS) is 16.3. The number of allylic oxidation sites excluding steroid dienone is 7. The van der Waals surface area contributed by atoms with Crippen LogP contribution in [0, 0.1) is 17.9 Å². The van der Waals surface area contributed by atoms with Crippen molar-refractivity contribution in [1.82, 2.24) is 5.32 Å². The van der Waals surface area contributed by atoms with Gasteiger partial charge in [0.2, 0.25) is 11.8 Å². The predicted molar refractivity (Wildman–Crippen MR) is 319 cm³/mol. The summed E-state index contributed by atoms with van der Waals surface area (Å²) in [7, 11) is -12.6. The van der Waals surface area contributed by atoms with Crippen molar-refractivity contribution in [3.63, 3.8) is 0 Å². The largest absolute Gasteiger partial charge is 1.00 e. The van der Waals surface area contributed by atoms with Crippen molar-refractivity contribution >= 4 is 65.4 Å². The molecule has 0 aromatic heterocycles. The second-order valence-corrected chi connectivity index (χ2v) is 25.2. The molecular weight excluding hydrogens is 1190 g/mol. The van der Waals surface area contributed by atoms with Crippen LogP contribution in [-0.2, 0) is 57.8 Å². The van der Waals surface area contributed by atoms with Gasteiger partial charge < -0.3 is 29.0 Å². The molecule has 0 saturated heterocycles. The molecule has 4 aliphatic rings. The number of para-hydroxylation sites is 1. The fraction of sp³-hybridized carbons (Fsp3) is 0.338. The molecule has 0 atom stereocenters. The molecule has 0 saturated carbocycles. The van der Waals surface area contributed by atoms with Crippen LogP contribution in [0.1, 0.15) is 133 Å². The number of carbonyl (C=O) groups excluding carboxylic acids is 2. The fourth-order valence-electron chi connectivity index (χ4n) is 11.3. The van der Waals surface area contributed by atoms with E-state index in [-0.39, 0.29) is 135 Å². The van der Waals surface area contributed by atoms with Crippen LogP contribution in [0.25, 0.3) is 0 Å². The van der Waals surface area contributed by atoms with Crippen LogP contribution in [0.15, 0.2) is 166 Å². The van der Waals surface area contributed by atoms with Crippen LogP contribution < -0.4 is 109 Å². The predicted octanol–water partition coefficient (Wildman–Crippen LogP) is 1.56. The number of rotatable bonds is 20. The number of anilines is 2. The van der Waals surface area contributed by atoms with Gasteiger partial charge in [0.05, 0.1) is 22.0 Å². The van der Waals surface area contributed by atoms with E-state index in [1.54, 1.807) is 11.0 Å². The zero-order chi connectivity index (χ0) is 60.4. The zero-order valence-electron chi connectivity index (χ0n) is 50.8. The summed E-state index contributed by atoms with van der Waals surface area (Å²) in [5.41, 5.74) is 9.95. The van der Waals surface area contributed by atoms with Crippen molar-refractivity contribution in [2.24, 2.45) is 0 Å². The van der Waals surface area contributed by atoms with Gasteiger partial charge in [0.25, 0.3) is 0 Å². The Labute approximate surface area is 580 Å². The summed E-state index contributed by atoms with van der Waals surface area (Å²) in [4.78, 5) is 30.2. The first-order valence-corrected chi connectivity index (χ1v) is 31.9. The molecule has 0 unspecified atom stereocenters. The van der Waals surface area contributed by atoms with Crippen LogP contribution in [0.4, 0.5) is 17.1 Å². The number of carbonyl (C=O) groups is 2. The molecule has 5 aromatic rings. The first-order chi connectivity index (χ1) is 40.0. The van der Waals surface area contributed by atoms with Crippen LogP contribution in [0.2, 0.25) is 0 Å². The van der Waals surface area contributed by atoms with Crippen molar-refractivity contribution in [3.8, 4) is 17.6 Å². The second-order valence-electron chi connectivity index (χ2n) is 22.1. The van der Waals surface area contributed by atoms with Gasteiger partial charge in [0.15, 0.2) is 5.71 Å². The average Bonchev–Trinajstić information content (AvgIpc) is 1.66. The number of benzene rings is 5. The van der Waals surface area contributed by atoms with E-state index in [2.05, 4.69) is 77.8 Å². The topological polar surface area (TPSA) is 230 Å². The van der Waals surface area contributed by atoms with Crippen LogP contribution >= 0.6 is 0 Å². The van der Waals surface area contributed by atoms with Gasteiger partial charge in [-0.1, -0.05) is 101 Å². The third kappa shape index (κ3) is 18.3. The third-order valence-electron chi connectivity index (χ3n) is 15.7. The number of fused-ring (bicyclic) bond motifs is 4. The van der Waals surface area contributed by atoms with E-state index in [1.807, 2.05) is 80.6 Å². The maximum Gasteiger partial charge on any atom is 1.00 e. The Hall–Kier alpha value is -4.73. The van der Waals surface area contributed by atoms with E-state index < -0.39 is 36.3 Å². The minimum atomic E-state index is -4.76. The summed E-state index contributed by atoms with van der Waals surface area (Å²) in [5, 5.41) is 2.95. The van der Waals surface area contributed by atoms with Crippen molar-refractivity contribution < 1.29 is 146 Å². The minimum absolute atomic E-state index is 0. The van der Waals surface area contributed by atoms with Crippen molar-refractivity contribution in [3.05, 3.63) is 190 Å². The summed E-state index contributed by atoms with van der Waals surface area (Å²) in [6, 6.07) is 34.8. The molecular formula is C65H68N4Na3O12S3+. The van der Waals surface area contributed by atoms with Gasteiger partial charge in [0, 0.05) is 71.8 Å². The average molecular weight is 1260 g/mol. The molecule has 1 N–H and O–H groups in total. The van der Waals surface area contributed by atoms with Crippen LogP contribution in [0.5, 0.6) is 5.75 Å². The smallest absolute Gasteiger partial charge is 0.744 e. The zero-order valence-corrected chi connectivity index (χ0v) is 59.2. The van der Waals surface area contributed by atoms with Crippen molar-refractivity contribution in [1.29, 1.82) is 0 Å². The molecule has 0 radical (unpaired) electrons. The molecule has 0 bridgehead atoms. The second kappa shape index (κ2) is 32.3. The quantitative estimate of drug-likeness (QED) is 0.0292. The number of amides is 2. The summed E-state index contributed by atoms with van der Waals surface area (Å²) in [5.74, 6) is 7.16. The van der Waals surface area contributed by atoms with E-state index in [1.165, 1.54) is 47.6 Å². The van der Waals surface area contributed by atoms with Crippen LogP contribution in [-0.4, -0.2) is 80.3 Å². The number of hydrogen-bond acceptors (Lipinski definition) is 13. The molecule has 5 aromatic carbocycles. The number of nitrogens with one attached hydrogen (secondary N) is 1. The van der Waals surface area contributed by atoms with Gasteiger partial charge in [-0.25, -0.2) is 21.4 Å². The molecule has 3 aliphatic heterocycles. The molecule has 9 rings (SSSR count). The van der Waals surface area contributed by atoms with Crippen molar-refractivity contribution in [2.75, 3.05) is 29.4 Å². The Bertz CT molecular complexity index is 3940. The van der Waals surface area contributed by atoms with E-state index in [0.29, 0.717) is 62.3 Å². The number of ether oxygens (including phenoxy) is 1. The Morgan fingerprint density at radius 3 is 2.11 bits per heavy atom. The van der Waals surface area contributed by atoms with Crippen molar-refractivity contribution in [2.45, 2.75) is 132 Å². The van der Waals surface area contributed by atoms with E-state index in [9.17, 15) is 35.5 Å². The number of hydrogen-bond donors (Lipinski definition) is 1. The molecule has 1 aliphatic carbocycles. The van der Waals surface area contributed by atoms with Gasteiger partial charge in [-0.2, -0.15) is 18.2 Å². The SMILES string of the molecule is CCCCC[N+]1=C(/C=C/C2=C(Oc3ccc(S(=O)(=O)[O-])cc3)C(=C/C=C3/N(CCCCCC(=O)NCCC(=O)N4Cc5ccccc5C#Cc5ccccc54)c4ccc(S(=O)(=O)[O-])cc4C3(C)C)/CCC2)C(C)(C)c2c[c-]ccc21.O=S(=O)=O.[Na+].[Na+].[Na+]. The first kappa shape index (κ1) is 73.0. The third-order valence-corrected chi connectivity index (χ3v) is 17.4. The van der Waals surface area contributed by atoms with Crippen LogP contribution in [0.3, 0.4) is 0 Å². The van der Waals surface area contributed by atoms with Gasteiger partial charge >= 0.3 is 99.3 Å². The van der Waals surface area contributed by atoms with E-state index >= 15 is 0 Å². The molecule has 16 nitrogen and oxygen atoms in total. The molecule has 3 heterocycles. The number of unbranched alkanes of at least 4 members (excludes halogenated alkanes) is 4. The molecule has 87 heavy (non-hydrogen) atoms. The van der Waals surface area contributed by atoms with E-state index in [4.69, 9.17) is 17.4 Å². The maximum atomic E-state index is 13.7. The molecule has 0 fully saturated rings. The molecule has 2 amide bonds. The monoisotopic (exact) mass is 1260 g/mol. The fourth-order valence-corrected chi connectivity index (χ4v) is 12.3. The Morgan fingerprint density at radius 2 is 1.41 bits per heavy atom. The van der Waals surface area contributed by atoms with E-state index in [0.717, 1.165) is 82.8 Å². The summed E-state index contributed by atoms with van der Waals surface area (Å²) < 4.78 is 107. The van der Waals surface area contributed by atoms with Gasteiger partial charge in [-0.3, -0.25) is 9.59 Å². The number of nitrogens with zero attached hydrogens (tertiary/aromatic N) is 3. The Kier molecular flexibility index (Phi) is 27.1. The van der Waals surface area contributed by atoms with Gasteiger partial charge in [-0.15, -0.1) is 18.7 Å². The maximum absolute atomic E-state index is 13.7. The Balaban J connectivity index is 0.00000191. The van der Waals surface area contributed by atoms with Gasteiger partial charge in [0.1, 0.15) is 44.0 Å². The Morgan fingerprint density at radius 1 is 0.747 bits per heavy atom. The summed E-state index contributed by atoms with van der Waals surface area (Å²) in [6.07, 6.45) is 16.1. The summed E-state index contributed by atoms with van der Waals surface area (Å²) >= 11 is 0. The van der Waals surface area contributed by atoms with Gasteiger partial charge in [-0.05, 0) is 134 Å². The molecule has 0 spiro atoms.